The Morgan fingerprint density at radius 1 is 0.829 bits per heavy atom. The summed E-state index contributed by atoms with van der Waals surface area (Å²) < 4.78 is 64.0. The number of allylic oxidation sites excluding steroid dienone is 2. The summed E-state index contributed by atoms with van der Waals surface area (Å²) in [6.07, 6.45) is 3.15. The number of nitrogens with zero attached hydrogens (tertiary/aromatic N) is 2. The smallest absolute Gasteiger partial charge is 0.354 e. The van der Waals surface area contributed by atoms with Gasteiger partial charge in [-0.15, -0.1) is 0 Å². The first kappa shape index (κ1) is 29.1. The van der Waals surface area contributed by atoms with Crippen LogP contribution in [0.4, 0.5) is 5.69 Å². The summed E-state index contributed by atoms with van der Waals surface area (Å²) in [5.74, 6) is -3.85. The van der Waals surface area contributed by atoms with Crippen LogP contribution in [0.5, 0.6) is 0 Å². The molecule has 0 aliphatic carbocycles. The molecule has 1 amide bonds. The molecule has 0 saturated carbocycles. The fourth-order valence-electron chi connectivity index (χ4n) is 3.79. The Morgan fingerprint density at radius 2 is 1.34 bits per heavy atom. The van der Waals surface area contributed by atoms with Crippen molar-refractivity contribution < 1.29 is 50.5 Å². The van der Waals surface area contributed by atoms with Gasteiger partial charge in [0.2, 0.25) is 0 Å². The fraction of sp³-hybridized carbons (Fsp3) is 0.0435. The van der Waals surface area contributed by atoms with Gasteiger partial charge >= 0.3 is 11.9 Å². The Morgan fingerprint density at radius 3 is 1.80 bits per heavy atom. The fourth-order valence-corrected chi connectivity index (χ4v) is 4.75. The summed E-state index contributed by atoms with van der Waals surface area (Å²) >= 11 is 0. The van der Waals surface area contributed by atoms with E-state index in [1.54, 1.807) is 0 Å². The monoisotopic (exact) mass is 606 g/mol. The number of aromatic nitrogens is 2. The SMILES string of the molecule is O=C(O)c1[nH]n(-c2ccc(S(=O)(=O)O)cc2)c(=O)c1C=CC=C1C(=O)N(c2ccc(S(=O)(=O)O)cc2)NC1C(=O)O. The zero-order valence-electron chi connectivity index (χ0n) is 20.2. The number of benzene rings is 2. The molecule has 41 heavy (non-hydrogen) atoms. The Hall–Kier alpha value is -4.88. The van der Waals surface area contributed by atoms with E-state index in [-0.39, 0.29) is 16.9 Å². The van der Waals surface area contributed by atoms with Gasteiger partial charge in [0.1, 0.15) is 0 Å². The van der Waals surface area contributed by atoms with Gasteiger partial charge < -0.3 is 10.2 Å². The largest absolute Gasteiger partial charge is 0.480 e. The van der Waals surface area contributed by atoms with Gasteiger partial charge in [-0.05, 0) is 54.6 Å². The predicted octanol–water partition coefficient (Wildman–Crippen LogP) is 0.301. The van der Waals surface area contributed by atoms with Gasteiger partial charge in [0.05, 0.1) is 26.7 Å². The Labute approximate surface area is 229 Å². The number of carboxylic acids is 2. The molecule has 2 heterocycles. The number of hydrazine groups is 1. The molecule has 1 atom stereocenters. The number of aliphatic carboxylic acids is 1. The van der Waals surface area contributed by atoms with E-state index in [0.717, 1.165) is 76.4 Å². The summed E-state index contributed by atoms with van der Waals surface area (Å²) in [5.41, 5.74) is 0.339. The molecule has 1 aromatic heterocycles. The van der Waals surface area contributed by atoms with Crippen LogP contribution in [-0.4, -0.2) is 69.8 Å². The minimum absolute atomic E-state index is 0.0275. The van der Waals surface area contributed by atoms with Crippen LogP contribution in [0, 0.1) is 0 Å². The molecule has 0 radical (unpaired) electrons. The molecule has 6 N–H and O–H groups in total. The number of amides is 1. The maximum atomic E-state index is 13.0. The van der Waals surface area contributed by atoms with Gasteiger partial charge in [-0.2, -0.15) is 16.8 Å². The molecule has 1 fully saturated rings. The molecule has 18 heteroatoms. The van der Waals surface area contributed by atoms with Crippen molar-refractivity contribution in [2.24, 2.45) is 0 Å². The first-order valence-electron chi connectivity index (χ1n) is 11.0. The van der Waals surface area contributed by atoms with Crippen LogP contribution < -0.4 is 16.0 Å². The van der Waals surface area contributed by atoms with Gasteiger partial charge in [-0.25, -0.2) is 19.9 Å². The second kappa shape index (κ2) is 10.6. The minimum Gasteiger partial charge on any atom is -0.480 e. The summed E-state index contributed by atoms with van der Waals surface area (Å²) in [6.45, 7) is 0. The minimum atomic E-state index is -4.51. The highest BCUT2D eigenvalue weighted by atomic mass is 32.2. The number of nitrogens with one attached hydrogen (secondary N) is 2. The Balaban J connectivity index is 1.68. The topological polar surface area (TPSA) is 253 Å². The lowest BCUT2D eigenvalue weighted by Gasteiger charge is -2.16. The molecule has 3 aromatic rings. The van der Waals surface area contributed by atoms with Crippen LogP contribution in [-0.2, 0) is 29.8 Å². The molecule has 1 unspecified atom stereocenters. The number of hydrogen-bond acceptors (Lipinski definition) is 9. The van der Waals surface area contributed by atoms with Crippen molar-refractivity contribution in [3.63, 3.8) is 0 Å². The summed E-state index contributed by atoms with van der Waals surface area (Å²) in [5, 5.41) is 22.3. The van der Waals surface area contributed by atoms with Gasteiger partial charge in [-0.1, -0.05) is 12.2 Å². The maximum absolute atomic E-state index is 13.0. The number of hydrogen-bond donors (Lipinski definition) is 6. The van der Waals surface area contributed by atoms with Crippen molar-refractivity contribution in [1.29, 1.82) is 0 Å². The third kappa shape index (κ3) is 5.85. The average molecular weight is 607 g/mol. The number of anilines is 1. The third-order valence-electron chi connectivity index (χ3n) is 5.73. The summed E-state index contributed by atoms with van der Waals surface area (Å²) in [7, 11) is -9.03. The first-order chi connectivity index (χ1) is 19.1. The quantitative estimate of drug-likeness (QED) is 0.149. The van der Waals surface area contributed by atoms with Crippen molar-refractivity contribution in [2.75, 3.05) is 5.01 Å². The summed E-state index contributed by atoms with van der Waals surface area (Å²) in [4.78, 5) is 48.6. The van der Waals surface area contributed by atoms with E-state index in [2.05, 4.69) is 10.5 Å². The van der Waals surface area contributed by atoms with Crippen molar-refractivity contribution >= 4 is 49.8 Å². The molecule has 4 rings (SSSR count). The van der Waals surface area contributed by atoms with Gasteiger partial charge in [-0.3, -0.25) is 28.6 Å². The lowest BCUT2D eigenvalue weighted by atomic mass is 10.1. The molecule has 214 valence electrons. The molecule has 1 saturated heterocycles. The van der Waals surface area contributed by atoms with E-state index in [0.29, 0.717) is 0 Å². The molecular weight excluding hydrogens is 588 g/mol. The van der Waals surface area contributed by atoms with E-state index in [9.17, 15) is 46.2 Å². The Kier molecular flexibility index (Phi) is 7.52. The number of carboxylic acid groups (broad SMARTS) is 2. The maximum Gasteiger partial charge on any atom is 0.354 e. The number of H-pyrrole nitrogens is 1. The number of aromatic amines is 1. The third-order valence-corrected chi connectivity index (χ3v) is 7.47. The van der Waals surface area contributed by atoms with Crippen LogP contribution >= 0.6 is 0 Å². The lowest BCUT2D eigenvalue weighted by molar-refractivity contribution is -0.138. The van der Waals surface area contributed by atoms with E-state index in [1.165, 1.54) is 0 Å². The normalized spacial score (nSPS) is 17.0. The number of rotatable bonds is 8. The molecule has 2 aromatic carbocycles. The van der Waals surface area contributed by atoms with Crippen molar-refractivity contribution in [1.82, 2.24) is 15.2 Å². The number of carbonyl (C=O) groups is 3. The first-order valence-corrected chi connectivity index (χ1v) is 13.9. The molecule has 1 aliphatic heterocycles. The average Bonchev–Trinajstić information content (AvgIpc) is 3.40. The lowest BCUT2D eigenvalue weighted by Crippen LogP contribution is -2.40. The van der Waals surface area contributed by atoms with E-state index in [4.69, 9.17) is 9.11 Å². The second-order valence-corrected chi connectivity index (χ2v) is 11.1. The molecule has 16 nitrogen and oxygen atoms in total. The van der Waals surface area contributed by atoms with Crippen LogP contribution in [0.2, 0.25) is 0 Å². The van der Waals surface area contributed by atoms with E-state index >= 15 is 0 Å². The van der Waals surface area contributed by atoms with E-state index in [1.807, 2.05) is 0 Å². The zero-order valence-corrected chi connectivity index (χ0v) is 21.8. The highest BCUT2D eigenvalue weighted by Gasteiger charge is 2.39. The van der Waals surface area contributed by atoms with Crippen molar-refractivity contribution in [3.8, 4) is 5.69 Å². The second-order valence-electron chi connectivity index (χ2n) is 8.31. The van der Waals surface area contributed by atoms with Crippen molar-refractivity contribution in [2.45, 2.75) is 15.8 Å². The van der Waals surface area contributed by atoms with Crippen LogP contribution in [0.3, 0.4) is 0 Å². The number of aromatic carboxylic acids is 1. The molecule has 1 aliphatic rings. The van der Waals surface area contributed by atoms with Gasteiger partial charge in [0, 0.05) is 5.57 Å². The molecule has 0 spiro atoms. The zero-order chi connectivity index (χ0) is 30.3. The highest BCUT2D eigenvalue weighted by molar-refractivity contribution is 7.86. The van der Waals surface area contributed by atoms with E-state index < -0.39 is 70.7 Å². The van der Waals surface area contributed by atoms with Crippen LogP contribution in [0.1, 0.15) is 16.1 Å². The van der Waals surface area contributed by atoms with Crippen LogP contribution in [0.25, 0.3) is 11.8 Å². The molecular formula is C23H18N4O12S2. The van der Waals surface area contributed by atoms with Crippen LogP contribution in [0.15, 0.2) is 80.8 Å². The van der Waals surface area contributed by atoms with Crippen molar-refractivity contribution in [3.05, 3.63) is 87.9 Å². The van der Waals surface area contributed by atoms with Gasteiger partial charge in [0.25, 0.3) is 31.7 Å². The molecule has 0 bridgehead atoms. The van der Waals surface area contributed by atoms with Gasteiger partial charge in [0.15, 0.2) is 11.7 Å². The number of carbonyl (C=O) groups excluding carboxylic acids is 1. The summed E-state index contributed by atoms with van der Waals surface area (Å²) in [6, 6.07) is 6.98. The Bertz CT molecular complexity index is 1900. The standard InChI is InChI=1S/C23H18N4O12S2/c28-20-16(18(22(30)31)24-26(20)12-4-8-14(9-5-12)40(34,35)36)2-1-3-17-19(23(32)33)25-27(21(17)29)13-6-10-15(11-7-13)41(37,38)39/h1-11,18,24-25H,(H,30,31)(H,32,33)(H,34,35,36)(H,37,38,39). The highest BCUT2D eigenvalue weighted by Crippen LogP contribution is 2.25. The predicted molar refractivity (Wildman–Crippen MR) is 139 cm³/mol.